The van der Waals surface area contributed by atoms with E-state index in [9.17, 15) is 9.59 Å². The van der Waals surface area contributed by atoms with Gasteiger partial charge in [0.25, 0.3) is 5.91 Å². The van der Waals surface area contributed by atoms with Gasteiger partial charge >= 0.3 is 0 Å². The lowest BCUT2D eigenvalue weighted by molar-refractivity contribution is -0.123. The Morgan fingerprint density at radius 1 is 1.00 bits per heavy atom. The van der Waals surface area contributed by atoms with E-state index < -0.39 is 0 Å². The lowest BCUT2D eigenvalue weighted by Gasteiger charge is -2.40. The van der Waals surface area contributed by atoms with Crippen molar-refractivity contribution >= 4 is 22.7 Å². The zero-order chi connectivity index (χ0) is 29.1. The van der Waals surface area contributed by atoms with Crippen LogP contribution in [0.5, 0.6) is 5.75 Å². The fourth-order valence-corrected chi connectivity index (χ4v) is 6.35. The van der Waals surface area contributed by atoms with Crippen molar-refractivity contribution in [3.63, 3.8) is 0 Å². The maximum Gasteiger partial charge on any atom is 0.264 e. The zero-order valence-corrected chi connectivity index (χ0v) is 24.8. The summed E-state index contributed by atoms with van der Waals surface area (Å²) in [5, 5.41) is 12.6. The van der Waals surface area contributed by atoms with Gasteiger partial charge in [-0.1, -0.05) is 42.8 Å². The predicted octanol–water partition coefficient (Wildman–Crippen LogP) is 4.77. The summed E-state index contributed by atoms with van der Waals surface area (Å²) in [5.74, 6) is 0.475. The molecule has 2 aromatic carbocycles. The number of azo groups is 1. The maximum atomic E-state index is 13.2. The Morgan fingerprint density at radius 2 is 1.76 bits per heavy atom. The van der Waals surface area contributed by atoms with Crippen LogP contribution >= 0.6 is 0 Å². The van der Waals surface area contributed by atoms with Crippen LogP contribution in [0.4, 0.5) is 0 Å². The number of piperidine rings is 2. The first-order valence-electron chi connectivity index (χ1n) is 15.4. The minimum Gasteiger partial charge on any atom is -0.496 e. The number of ether oxygens (including phenoxy) is 1. The second kappa shape index (κ2) is 15.1. The van der Waals surface area contributed by atoms with Gasteiger partial charge in [0, 0.05) is 42.7 Å². The third-order valence-electron chi connectivity index (χ3n) is 8.62. The minimum atomic E-state index is -0.283. The topological polar surface area (TPSA) is 102 Å². The molecule has 1 atom stereocenters. The molecule has 224 valence electrons. The van der Waals surface area contributed by atoms with Gasteiger partial charge in [0.2, 0.25) is 5.91 Å². The lowest BCUT2D eigenvalue weighted by atomic mass is 10.00. The quantitative estimate of drug-likeness (QED) is 0.305. The Balaban J connectivity index is 1.15. The normalized spacial score (nSPS) is 17.9. The zero-order valence-electron chi connectivity index (χ0n) is 24.8. The van der Waals surface area contributed by atoms with Gasteiger partial charge in [0.15, 0.2) is 0 Å². The Labute approximate surface area is 248 Å². The summed E-state index contributed by atoms with van der Waals surface area (Å²) in [4.78, 5) is 33.9. The SMILES string of the molecule is COc1ccccc1CCC(=O)N=NC[C@@H](Cc1c[nH]c2ccccc12)NC(=O)CN1CCC(N2CCCCC2)CC1. The highest BCUT2D eigenvalue weighted by molar-refractivity contribution is 5.83. The number of rotatable bonds is 12. The highest BCUT2D eigenvalue weighted by Crippen LogP contribution is 2.22. The van der Waals surface area contributed by atoms with E-state index >= 15 is 0 Å². The molecular weight excluding hydrogens is 528 g/mol. The number of nitrogens with one attached hydrogen (secondary N) is 2. The number of hydrogen-bond donors (Lipinski definition) is 2. The molecule has 0 bridgehead atoms. The Morgan fingerprint density at radius 3 is 2.57 bits per heavy atom. The van der Waals surface area contributed by atoms with Crippen LogP contribution in [0.25, 0.3) is 10.9 Å². The number of likely N-dealkylation sites (tertiary alicyclic amines) is 2. The molecule has 0 spiro atoms. The summed E-state index contributed by atoms with van der Waals surface area (Å²) >= 11 is 0. The first-order chi connectivity index (χ1) is 20.6. The van der Waals surface area contributed by atoms with Crippen molar-refractivity contribution in [1.82, 2.24) is 20.1 Å². The summed E-state index contributed by atoms with van der Waals surface area (Å²) in [6.07, 6.45) is 9.59. The van der Waals surface area contributed by atoms with Crippen LogP contribution in [0.2, 0.25) is 0 Å². The molecule has 0 radical (unpaired) electrons. The molecule has 0 aliphatic carbocycles. The van der Waals surface area contributed by atoms with Gasteiger partial charge in [0.05, 0.1) is 26.2 Å². The molecule has 0 unspecified atom stereocenters. The summed E-state index contributed by atoms with van der Waals surface area (Å²) in [6.45, 7) is 4.95. The summed E-state index contributed by atoms with van der Waals surface area (Å²) < 4.78 is 5.38. The van der Waals surface area contributed by atoms with Crippen LogP contribution in [-0.4, -0.2) is 85.1 Å². The number of aromatic nitrogens is 1. The summed E-state index contributed by atoms with van der Waals surface area (Å²) in [6, 6.07) is 16.2. The molecule has 2 fully saturated rings. The van der Waals surface area contributed by atoms with Gasteiger partial charge in [-0.25, -0.2) is 0 Å². The number of amides is 2. The van der Waals surface area contributed by atoms with Crippen molar-refractivity contribution in [3.05, 3.63) is 65.9 Å². The highest BCUT2D eigenvalue weighted by atomic mass is 16.5. The predicted molar refractivity (Wildman–Crippen MR) is 165 cm³/mol. The molecule has 42 heavy (non-hydrogen) atoms. The molecule has 5 rings (SSSR count). The third kappa shape index (κ3) is 8.26. The van der Waals surface area contributed by atoms with Gasteiger partial charge in [-0.2, -0.15) is 5.11 Å². The molecule has 0 saturated carbocycles. The largest absolute Gasteiger partial charge is 0.496 e. The molecule has 2 saturated heterocycles. The number of para-hydroxylation sites is 2. The summed E-state index contributed by atoms with van der Waals surface area (Å²) in [5.41, 5.74) is 3.13. The molecule has 2 aliphatic rings. The molecule has 2 N–H and O–H groups in total. The van der Waals surface area contributed by atoms with Crippen LogP contribution in [0.1, 0.15) is 49.7 Å². The highest BCUT2D eigenvalue weighted by Gasteiger charge is 2.27. The number of H-pyrrole nitrogens is 1. The number of methoxy groups -OCH3 is 1. The van der Waals surface area contributed by atoms with Crippen molar-refractivity contribution in [3.8, 4) is 5.75 Å². The number of fused-ring (bicyclic) bond motifs is 1. The number of benzene rings is 2. The van der Waals surface area contributed by atoms with Gasteiger partial charge < -0.3 is 19.9 Å². The maximum absolute atomic E-state index is 13.2. The Bertz CT molecular complexity index is 1340. The average molecular weight is 573 g/mol. The summed E-state index contributed by atoms with van der Waals surface area (Å²) in [7, 11) is 1.63. The van der Waals surface area contributed by atoms with E-state index in [1.807, 2.05) is 48.7 Å². The number of hydrogen-bond acceptors (Lipinski definition) is 6. The van der Waals surface area contributed by atoms with E-state index in [-0.39, 0.29) is 30.8 Å². The van der Waals surface area contributed by atoms with Gasteiger partial charge in [0.1, 0.15) is 5.75 Å². The average Bonchev–Trinajstić information content (AvgIpc) is 3.43. The number of carbonyl (C=O) groups is 2. The second-order valence-corrected chi connectivity index (χ2v) is 11.6. The van der Waals surface area contributed by atoms with E-state index in [0.717, 1.165) is 53.7 Å². The second-order valence-electron chi connectivity index (χ2n) is 11.6. The number of aryl methyl sites for hydroxylation is 1. The Hall–Kier alpha value is -3.56. The van der Waals surface area contributed by atoms with Crippen molar-refractivity contribution < 1.29 is 14.3 Å². The molecule has 1 aromatic heterocycles. The third-order valence-corrected chi connectivity index (χ3v) is 8.62. The number of carbonyl (C=O) groups excluding carboxylic acids is 2. The lowest BCUT2D eigenvalue weighted by Crippen LogP contribution is -2.50. The fourth-order valence-electron chi connectivity index (χ4n) is 6.35. The van der Waals surface area contributed by atoms with E-state index in [2.05, 4.69) is 36.4 Å². The van der Waals surface area contributed by atoms with Gasteiger partial charge in [-0.15, -0.1) is 5.11 Å². The van der Waals surface area contributed by atoms with E-state index in [0.29, 0.717) is 25.4 Å². The molecule has 2 amide bonds. The van der Waals surface area contributed by atoms with E-state index in [1.54, 1.807) is 7.11 Å². The Kier molecular flexibility index (Phi) is 10.7. The van der Waals surface area contributed by atoms with Gasteiger partial charge in [-0.05, 0) is 74.9 Å². The van der Waals surface area contributed by atoms with Crippen molar-refractivity contribution in [1.29, 1.82) is 0 Å². The van der Waals surface area contributed by atoms with Crippen molar-refractivity contribution in [2.24, 2.45) is 10.2 Å². The first-order valence-corrected chi connectivity index (χ1v) is 15.4. The molecule has 2 aliphatic heterocycles. The smallest absolute Gasteiger partial charge is 0.264 e. The van der Waals surface area contributed by atoms with Gasteiger partial charge in [-0.3, -0.25) is 14.5 Å². The molecule has 9 nitrogen and oxygen atoms in total. The van der Waals surface area contributed by atoms with Crippen LogP contribution in [0.15, 0.2) is 65.0 Å². The van der Waals surface area contributed by atoms with Crippen molar-refractivity contribution in [2.75, 3.05) is 46.4 Å². The first kappa shape index (κ1) is 29.9. The number of nitrogens with zero attached hydrogens (tertiary/aromatic N) is 4. The van der Waals surface area contributed by atoms with Crippen LogP contribution in [0.3, 0.4) is 0 Å². The van der Waals surface area contributed by atoms with Crippen molar-refractivity contribution in [2.45, 2.75) is 63.5 Å². The molecule has 3 heterocycles. The van der Waals surface area contributed by atoms with E-state index in [1.165, 1.54) is 32.4 Å². The van der Waals surface area contributed by atoms with E-state index in [4.69, 9.17) is 4.74 Å². The molecule has 9 heteroatoms. The monoisotopic (exact) mass is 572 g/mol. The van der Waals surface area contributed by atoms with Crippen LogP contribution in [-0.2, 0) is 22.4 Å². The standard InChI is InChI=1S/C33H44N6O3/c1-42-31-12-6-3-9-25(31)13-14-32(40)37-35-23-27(21-26-22-34-30-11-5-4-10-29(26)30)36-33(41)24-38-19-15-28(16-20-38)39-17-7-2-8-18-39/h3-6,9-12,22,27-28,34H,2,7-8,13-21,23-24H2,1H3,(H,36,41)/t27-/m1/s1. The minimum absolute atomic E-state index is 0.00559. The molecule has 3 aromatic rings. The fraction of sp³-hybridized carbons (Fsp3) is 0.515. The number of aromatic amines is 1. The van der Waals surface area contributed by atoms with Crippen LogP contribution < -0.4 is 10.1 Å². The molecular formula is C33H44N6O3. The van der Waals surface area contributed by atoms with Crippen LogP contribution in [0, 0.1) is 0 Å².